The molecule has 1 aliphatic rings. The zero-order chi connectivity index (χ0) is 14.5. The average molecular weight is 276 g/mol. The maximum Gasteiger partial charge on any atom is 0.258 e. The fourth-order valence-corrected chi connectivity index (χ4v) is 2.00. The molecular formula is C15H20N2O3. The van der Waals surface area contributed by atoms with Crippen molar-refractivity contribution in [3.63, 3.8) is 0 Å². The molecule has 1 aliphatic carbocycles. The SMILES string of the molecule is CC(=O)Nc1ccc(OCC(=O)NC(C)C2CC2)cc1. The number of ether oxygens (including phenoxy) is 1. The number of amides is 2. The quantitative estimate of drug-likeness (QED) is 0.834. The number of nitrogens with one attached hydrogen (secondary N) is 2. The van der Waals surface area contributed by atoms with E-state index >= 15 is 0 Å². The van der Waals surface area contributed by atoms with Crippen molar-refractivity contribution < 1.29 is 14.3 Å². The van der Waals surface area contributed by atoms with Crippen LogP contribution in [0, 0.1) is 5.92 Å². The van der Waals surface area contributed by atoms with Crippen molar-refractivity contribution >= 4 is 17.5 Å². The third-order valence-corrected chi connectivity index (χ3v) is 3.26. The lowest BCUT2D eigenvalue weighted by Crippen LogP contribution is -2.37. The molecule has 1 aromatic carbocycles. The van der Waals surface area contributed by atoms with Crippen molar-refractivity contribution in [2.75, 3.05) is 11.9 Å². The van der Waals surface area contributed by atoms with Gasteiger partial charge in [0.05, 0.1) is 0 Å². The van der Waals surface area contributed by atoms with Gasteiger partial charge in [0.1, 0.15) is 5.75 Å². The third kappa shape index (κ3) is 4.57. The lowest BCUT2D eigenvalue weighted by Gasteiger charge is -2.13. The van der Waals surface area contributed by atoms with Crippen molar-refractivity contribution in [3.05, 3.63) is 24.3 Å². The van der Waals surface area contributed by atoms with Gasteiger partial charge in [-0.2, -0.15) is 0 Å². The Morgan fingerprint density at radius 2 is 1.95 bits per heavy atom. The highest BCUT2D eigenvalue weighted by Crippen LogP contribution is 2.32. The Morgan fingerprint density at radius 1 is 1.30 bits per heavy atom. The van der Waals surface area contributed by atoms with Crippen LogP contribution in [0.5, 0.6) is 5.75 Å². The fourth-order valence-electron chi connectivity index (χ4n) is 2.00. The Hall–Kier alpha value is -2.04. The van der Waals surface area contributed by atoms with E-state index in [-0.39, 0.29) is 24.5 Å². The lowest BCUT2D eigenvalue weighted by molar-refractivity contribution is -0.123. The van der Waals surface area contributed by atoms with Gasteiger partial charge in [-0.05, 0) is 49.9 Å². The minimum absolute atomic E-state index is 0.0105. The monoisotopic (exact) mass is 276 g/mol. The van der Waals surface area contributed by atoms with Gasteiger partial charge in [0, 0.05) is 18.7 Å². The van der Waals surface area contributed by atoms with Crippen molar-refractivity contribution in [1.82, 2.24) is 5.32 Å². The largest absolute Gasteiger partial charge is 0.484 e. The van der Waals surface area contributed by atoms with E-state index in [0.29, 0.717) is 17.4 Å². The maximum atomic E-state index is 11.7. The predicted octanol–water partition coefficient (Wildman–Crippen LogP) is 1.94. The highest BCUT2D eigenvalue weighted by molar-refractivity contribution is 5.88. The summed E-state index contributed by atoms with van der Waals surface area (Å²) in [6.07, 6.45) is 2.40. The first-order valence-electron chi connectivity index (χ1n) is 6.84. The molecule has 5 nitrogen and oxygen atoms in total. The molecule has 20 heavy (non-hydrogen) atoms. The van der Waals surface area contributed by atoms with Gasteiger partial charge in [-0.3, -0.25) is 9.59 Å². The first kappa shape index (κ1) is 14.4. The standard InChI is InChI=1S/C15H20N2O3/c1-10(12-3-4-12)16-15(19)9-20-14-7-5-13(6-8-14)17-11(2)18/h5-8,10,12H,3-4,9H2,1-2H3,(H,16,19)(H,17,18). The molecular weight excluding hydrogens is 256 g/mol. The Balaban J connectivity index is 1.75. The van der Waals surface area contributed by atoms with Crippen molar-refractivity contribution in [2.45, 2.75) is 32.7 Å². The number of hydrogen-bond acceptors (Lipinski definition) is 3. The molecule has 1 atom stereocenters. The number of benzene rings is 1. The van der Waals surface area contributed by atoms with Crippen LogP contribution in [0.3, 0.4) is 0 Å². The predicted molar refractivity (Wildman–Crippen MR) is 76.6 cm³/mol. The number of carbonyl (C=O) groups excluding carboxylic acids is 2. The maximum absolute atomic E-state index is 11.7. The second-order valence-corrected chi connectivity index (χ2v) is 5.19. The smallest absolute Gasteiger partial charge is 0.258 e. The molecule has 2 amide bonds. The summed E-state index contributed by atoms with van der Waals surface area (Å²) in [7, 11) is 0. The van der Waals surface area contributed by atoms with E-state index in [1.807, 2.05) is 6.92 Å². The summed E-state index contributed by atoms with van der Waals surface area (Å²) >= 11 is 0. The minimum atomic E-state index is -0.118. The minimum Gasteiger partial charge on any atom is -0.484 e. The zero-order valence-electron chi connectivity index (χ0n) is 11.8. The van der Waals surface area contributed by atoms with Crippen LogP contribution < -0.4 is 15.4 Å². The average Bonchev–Trinajstić information content (AvgIpc) is 3.21. The molecule has 2 N–H and O–H groups in total. The summed E-state index contributed by atoms with van der Waals surface area (Å²) in [5, 5.41) is 5.60. The van der Waals surface area contributed by atoms with Crippen LogP contribution in [-0.4, -0.2) is 24.5 Å². The number of hydrogen-bond donors (Lipinski definition) is 2. The Morgan fingerprint density at radius 3 is 2.50 bits per heavy atom. The Kier molecular flexibility index (Phi) is 4.61. The summed E-state index contributed by atoms with van der Waals surface area (Å²) in [5.41, 5.74) is 0.705. The fraction of sp³-hybridized carbons (Fsp3) is 0.467. The Labute approximate surface area is 118 Å². The van der Waals surface area contributed by atoms with Crippen LogP contribution in [0.15, 0.2) is 24.3 Å². The van der Waals surface area contributed by atoms with Gasteiger partial charge in [-0.1, -0.05) is 0 Å². The van der Waals surface area contributed by atoms with E-state index < -0.39 is 0 Å². The van der Waals surface area contributed by atoms with E-state index in [0.717, 1.165) is 0 Å². The first-order chi connectivity index (χ1) is 9.54. The van der Waals surface area contributed by atoms with E-state index in [9.17, 15) is 9.59 Å². The molecule has 108 valence electrons. The molecule has 1 unspecified atom stereocenters. The molecule has 1 saturated carbocycles. The van der Waals surface area contributed by atoms with Crippen LogP contribution in [0.25, 0.3) is 0 Å². The van der Waals surface area contributed by atoms with Crippen LogP contribution in [-0.2, 0) is 9.59 Å². The van der Waals surface area contributed by atoms with Gasteiger partial charge in [-0.15, -0.1) is 0 Å². The van der Waals surface area contributed by atoms with Gasteiger partial charge < -0.3 is 15.4 Å². The topological polar surface area (TPSA) is 67.4 Å². The van der Waals surface area contributed by atoms with Gasteiger partial charge in [-0.25, -0.2) is 0 Å². The summed E-state index contributed by atoms with van der Waals surface area (Å²) in [6.45, 7) is 3.49. The molecule has 2 rings (SSSR count). The normalized spacial score (nSPS) is 15.3. The second kappa shape index (κ2) is 6.41. The van der Waals surface area contributed by atoms with Gasteiger partial charge >= 0.3 is 0 Å². The number of rotatable bonds is 6. The molecule has 0 heterocycles. The molecule has 1 aromatic rings. The molecule has 0 aromatic heterocycles. The van der Waals surface area contributed by atoms with Gasteiger partial charge in [0.15, 0.2) is 6.61 Å². The third-order valence-electron chi connectivity index (χ3n) is 3.26. The van der Waals surface area contributed by atoms with E-state index in [4.69, 9.17) is 4.74 Å². The van der Waals surface area contributed by atoms with Gasteiger partial charge in [0.2, 0.25) is 5.91 Å². The summed E-state index contributed by atoms with van der Waals surface area (Å²) in [6, 6.07) is 7.16. The zero-order valence-corrected chi connectivity index (χ0v) is 11.8. The van der Waals surface area contributed by atoms with Crippen molar-refractivity contribution in [1.29, 1.82) is 0 Å². The van der Waals surface area contributed by atoms with Crippen LogP contribution in [0.1, 0.15) is 26.7 Å². The number of anilines is 1. The van der Waals surface area contributed by atoms with E-state index in [1.54, 1.807) is 24.3 Å². The Bertz CT molecular complexity index is 480. The van der Waals surface area contributed by atoms with Crippen LogP contribution in [0.2, 0.25) is 0 Å². The van der Waals surface area contributed by atoms with Crippen LogP contribution >= 0.6 is 0 Å². The summed E-state index contributed by atoms with van der Waals surface area (Å²) in [5.74, 6) is 1.02. The molecule has 0 aliphatic heterocycles. The highest BCUT2D eigenvalue weighted by Gasteiger charge is 2.28. The summed E-state index contributed by atoms with van der Waals surface area (Å²) < 4.78 is 5.40. The lowest BCUT2D eigenvalue weighted by atomic mass is 10.2. The molecule has 0 saturated heterocycles. The van der Waals surface area contributed by atoms with Crippen molar-refractivity contribution in [2.24, 2.45) is 5.92 Å². The molecule has 0 bridgehead atoms. The van der Waals surface area contributed by atoms with E-state index in [1.165, 1.54) is 19.8 Å². The van der Waals surface area contributed by atoms with E-state index in [2.05, 4.69) is 10.6 Å². The molecule has 0 radical (unpaired) electrons. The number of carbonyl (C=O) groups is 2. The van der Waals surface area contributed by atoms with Crippen LogP contribution in [0.4, 0.5) is 5.69 Å². The highest BCUT2D eigenvalue weighted by atomic mass is 16.5. The molecule has 0 spiro atoms. The molecule has 1 fully saturated rings. The second-order valence-electron chi connectivity index (χ2n) is 5.19. The van der Waals surface area contributed by atoms with Gasteiger partial charge in [0.25, 0.3) is 5.91 Å². The first-order valence-corrected chi connectivity index (χ1v) is 6.84. The molecule has 5 heteroatoms. The van der Waals surface area contributed by atoms with Crippen molar-refractivity contribution in [3.8, 4) is 5.75 Å². The summed E-state index contributed by atoms with van der Waals surface area (Å²) in [4.78, 5) is 22.6.